The molecule has 4 aromatic rings. The third-order valence-electron chi connectivity index (χ3n) is 5.23. The van der Waals surface area contributed by atoms with Crippen LogP contribution in [0.25, 0.3) is 11.2 Å². The molecule has 4 rings (SSSR count). The first-order chi connectivity index (χ1) is 14.7. The minimum atomic E-state index is -0.566. The van der Waals surface area contributed by atoms with Crippen LogP contribution in [0, 0.1) is 0 Å². The maximum atomic E-state index is 13.5. The predicted octanol–water partition coefficient (Wildman–Crippen LogP) is 3.26. The Balaban J connectivity index is 2.04. The number of halogens is 3. The van der Waals surface area contributed by atoms with Gasteiger partial charge in [-0.25, -0.2) is 9.59 Å². The molecule has 0 unspecified atom stereocenters. The standard InChI is InChI=1S/C21H17Cl3N4O3/c1-25-18-17(19(29)26(2)20(25)30)27(10-12-5-3-4-6-15(12)23)21(31)28(18)11-13-7-8-14(22)9-16(13)24/h3-9H,10-11H2,1-2H3. The van der Waals surface area contributed by atoms with Gasteiger partial charge in [0.15, 0.2) is 11.2 Å². The largest absolute Gasteiger partial charge is 0.332 e. The lowest BCUT2D eigenvalue weighted by atomic mass is 10.2. The van der Waals surface area contributed by atoms with Crippen molar-refractivity contribution in [1.82, 2.24) is 18.3 Å². The number of nitrogens with zero attached hydrogens (tertiary/aromatic N) is 4. The van der Waals surface area contributed by atoms with Crippen LogP contribution in [0.3, 0.4) is 0 Å². The first-order valence-electron chi connectivity index (χ1n) is 9.27. The molecular weight excluding hydrogens is 463 g/mol. The van der Waals surface area contributed by atoms with Gasteiger partial charge in [-0.3, -0.25) is 23.1 Å². The molecule has 0 aliphatic heterocycles. The predicted molar refractivity (Wildman–Crippen MR) is 123 cm³/mol. The molecule has 2 aromatic heterocycles. The Bertz CT molecular complexity index is 1510. The Morgan fingerprint density at radius 3 is 2.06 bits per heavy atom. The highest BCUT2D eigenvalue weighted by molar-refractivity contribution is 6.35. The molecule has 31 heavy (non-hydrogen) atoms. The molecular formula is C21H17Cl3N4O3. The van der Waals surface area contributed by atoms with Gasteiger partial charge in [-0.05, 0) is 29.3 Å². The van der Waals surface area contributed by atoms with Gasteiger partial charge in [0, 0.05) is 29.2 Å². The molecule has 0 bridgehead atoms. The van der Waals surface area contributed by atoms with E-state index in [4.69, 9.17) is 34.8 Å². The van der Waals surface area contributed by atoms with Crippen molar-refractivity contribution in [1.29, 1.82) is 0 Å². The number of imidazole rings is 1. The van der Waals surface area contributed by atoms with Crippen molar-refractivity contribution in [3.63, 3.8) is 0 Å². The molecule has 0 N–H and O–H groups in total. The zero-order chi connectivity index (χ0) is 22.4. The van der Waals surface area contributed by atoms with E-state index in [9.17, 15) is 14.4 Å². The van der Waals surface area contributed by atoms with Crippen LogP contribution < -0.4 is 16.9 Å². The third-order valence-corrected chi connectivity index (χ3v) is 6.18. The van der Waals surface area contributed by atoms with Gasteiger partial charge in [-0.2, -0.15) is 0 Å². The molecule has 0 radical (unpaired) electrons. The Hall–Kier alpha value is -2.74. The number of rotatable bonds is 4. The Morgan fingerprint density at radius 1 is 0.742 bits per heavy atom. The number of aryl methyl sites for hydroxylation is 1. The van der Waals surface area contributed by atoms with Crippen molar-refractivity contribution in [2.45, 2.75) is 13.1 Å². The topological polar surface area (TPSA) is 70.9 Å². The van der Waals surface area contributed by atoms with Gasteiger partial charge in [0.2, 0.25) is 0 Å². The van der Waals surface area contributed by atoms with Crippen LogP contribution in [-0.2, 0) is 27.2 Å². The number of hydrogen-bond donors (Lipinski definition) is 0. The summed E-state index contributed by atoms with van der Waals surface area (Å²) in [5.74, 6) is 0. The number of fused-ring (bicyclic) bond motifs is 1. The van der Waals surface area contributed by atoms with Crippen LogP contribution in [0.1, 0.15) is 11.1 Å². The second kappa shape index (κ2) is 8.07. The van der Waals surface area contributed by atoms with Gasteiger partial charge in [0.05, 0.1) is 13.1 Å². The van der Waals surface area contributed by atoms with E-state index in [0.717, 1.165) is 4.57 Å². The molecule has 2 heterocycles. The van der Waals surface area contributed by atoms with Crippen molar-refractivity contribution in [3.8, 4) is 0 Å². The zero-order valence-corrected chi connectivity index (χ0v) is 18.9. The van der Waals surface area contributed by atoms with E-state index in [0.29, 0.717) is 26.2 Å². The van der Waals surface area contributed by atoms with Crippen molar-refractivity contribution in [2.75, 3.05) is 0 Å². The molecule has 0 saturated heterocycles. The average molecular weight is 480 g/mol. The molecule has 0 saturated carbocycles. The molecule has 2 aromatic carbocycles. The minimum absolute atomic E-state index is 0.0569. The summed E-state index contributed by atoms with van der Waals surface area (Å²) >= 11 is 18.6. The van der Waals surface area contributed by atoms with Crippen molar-refractivity contribution < 1.29 is 0 Å². The van der Waals surface area contributed by atoms with Gasteiger partial charge in [0.25, 0.3) is 5.56 Å². The smallest absolute Gasteiger partial charge is 0.281 e. The average Bonchev–Trinajstić information content (AvgIpc) is 3.00. The van der Waals surface area contributed by atoms with Gasteiger partial charge >= 0.3 is 11.4 Å². The van der Waals surface area contributed by atoms with Gasteiger partial charge in [-0.15, -0.1) is 0 Å². The summed E-state index contributed by atoms with van der Waals surface area (Å²) in [5.41, 5.74) is 0.0467. The molecule has 0 atom stereocenters. The zero-order valence-electron chi connectivity index (χ0n) is 16.6. The highest BCUT2D eigenvalue weighted by atomic mass is 35.5. The van der Waals surface area contributed by atoms with Crippen molar-refractivity contribution in [2.24, 2.45) is 14.1 Å². The lowest BCUT2D eigenvalue weighted by Crippen LogP contribution is -2.38. The second-order valence-electron chi connectivity index (χ2n) is 7.16. The normalized spacial score (nSPS) is 11.4. The number of hydrogen-bond acceptors (Lipinski definition) is 3. The minimum Gasteiger partial charge on any atom is -0.281 e. The summed E-state index contributed by atoms with van der Waals surface area (Å²) in [7, 11) is 2.89. The fourth-order valence-electron chi connectivity index (χ4n) is 3.60. The van der Waals surface area contributed by atoms with E-state index in [1.165, 1.54) is 27.8 Å². The Labute approximate surface area is 191 Å². The van der Waals surface area contributed by atoms with Crippen molar-refractivity contribution in [3.05, 3.63) is 100.0 Å². The number of aromatic nitrogens is 4. The lowest BCUT2D eigenvalue weighted by molar-refractivity contribution is 0.677. The quantitative estimate of drug-likeness (QED) is 0.451. The Kier molecular flexibility index (Phi) is 5.60. The Morgan fingerprint density at radius 2 is 1.39 bits per heavy atom. The maximum absolute atomic E-state index is 13.5. The highest BCUT2D eigenvalue weighted by Gasteiger charge is 2.22. The maximum Gasteiger partial charge on any atom is 0.332 e. The van der Waals surface area contributed by atoms with Crippen molar-refractivity contribution >= 4 is 46.0 Å². The summed E-state index contributed by atoms with van der Waals surface area (Å²) in [4.78, 5) is 39.1. The monoisotopic (exact) mass is 478 g/mol. The van der Waals surface area contributed by atoms with E-state index in [-0.39, 0.29) is 24.3 Å². The second-order valence-corrected chi connectivity index (χ2v) is 8.41. The summed E-state index contributed by atoms with van der Waals surface area (Å²) in [6, 6.07) is 12.0. The molecule has 10 heteroatoms. The lowest BCUT2D eigenvalue weighted by Gasteiger charge is -2.09. The highest BCUT2D eigenvalue weighted by Crippen LogP contribution is 2.23. The fourth-order valence-corrected chi connectivity index (χ4v) is 4.26. The van der Waals surface area contributed by atoms with Gasteiger partial charge in [-0.1, -0.05) is 59.1 Å². The molecule has 0 aliphatic carbocycles. The molecule has 7 nitrogen and oxygen atoms in total. The summed E-state index contributed by atoms with van der Waals surface area (Å²) in [6.45, 7) is 0.130. The van der Waals surface area contributed by atoms with Crippen LogP contribution in [-0.4, -0.2) is 18.3 Å². The van der Waals surface area contributed by atoms with Crippen LogP contribution in [0.2, 0.25) is 15.1 Å². The van der Waals surface area contributed by atoms with E-state index < -0.39 is 16.9 Å². The summed E-state index contributed by atoms with van der Waals surface area (Å²) < 4.78 is 4.96. The van der Waals surface area contributed by atoms with E-state index in [2.05, 4.69) is 0 Å². The fraction of sp³-hybridized carbons (Fsp3) is 0.190. The van der Waals surface area contributed by atoms with E-state index >= 15 is 0 Å². The first-order valence-corrected chi connectivity index (χ1v) is 10.4. The third kappa shape index (κ3) is 3.63. The van der Waals surface area contributed by atoms with E-state index in [1.807, 2.05) is 0 Å². The number of benzene rings is 2. The summed E-state index contributed by atoms with van der Waals surface area (Å²) in [5, 5.41) is 1.31. The summed E-state index contributed by atoms with van der Waals surface area (Å²) in [6.07, 6.45) is 0. The van der Waals surface area contributed by atoms with Crippen LogP contribution >= 0.6 is 34.8 Å². The molecule has 0 aliphatic rings. The van der Waals surface area contributed by atoms with Gasteiger partial charge < -0.3 is 0 Å². The van der Waals surface area contributed by atoms with E-state index in [1.54, 1.807) is 42.5 Å². The first kappa shape index (κ1) is 21.5. The van der Waals surface area contributed by atoms with Crippen LogP contribution in [0.4, 0.5) is 0 Å². The SMILES string of the molecule is Cn1c(=O)c2c(n(C)c1=O)n(Cc1ccc(Cl)cc1Cl)c(=O)n2Cc1ccccc1Cl. The molecule has 160 valence electrons. The molecule has 0 spiro atoms. The molecule has 0 amide bonds. The van der Waals surface area contributed by atoms with Crippen LogP contribution in [0.5, 0.6) is 0 Å². The van der Waals surface area contributed by atoms with Gasteiger partial charge in [0.1, 0.15) is 0 Å². The van der Waals surface area contributed by atoms with Crippen LogP contribution in [0.15, 0.2) is 56.8 Å². The molecule has 0 fully saturated rings.